The first-order chi connectivity index (χ1) is 7.16. The molecule has 0 N–H and O–H groups in total. The zero-order chi connectivity index (χ0) is 10.8. The third kappa shape index (κ3) is 2.46. The molecule has 1 aliphatic rings. The molecule has 1 aliphatic carbocycles. The average Bonchev–Trinajstić information content (AvgIpc) is 2.57. The minimum absolute atomic E-state index is 0.0423. The van der Waals surface area contributed by atoms with Crippen LogP contribution in [0, 0.1) is 11.7 Å². The molecule has 0 bridgehead atoms. The van der Waals surface area contributed by atoms with E-state index < -0.39 is 0 Å². The molecule has 1 nitrogen and oxygen atoms in total. The Kier molecular flexibility index (Phi) is 3.19. The van der Waals surface area contributed by atoms with E-state index in [1.165, 1.54) is 6.07 Å². The van der Waals surface area contributed by atoms with Crippen molar-refractivity contribution in [2.45, 2.75) is 25.7 Å². The van der Waals surface area contributed by atoms with Crippen LogP contribution < -0.4 is 0 Å². The van der Waals surface area contributed by atoms with Crippen molar-refractivity contribution in [1.82, 2.24) is 0 Å². The molecule has 80 valence electrons. The molecule has 3 heteroatoms. The van der Waals surface area contributed by atoms with Crippen LogP contribution in [0.2, 0.25) is 0 Å². The van der Waals surface area contributed by atoms with E-state index in [4.69, 9.17) is 0 Å². The number of ketones is 1. The third-order valence-corrected chi connectivity index (χ3v) is 3.41. The van der Waals surface area contributed by atoms with Crippen LogP contribution in [0.15, 0.2) is 22.7 Å². The summed E-state index contributed by atoms with van der Waals surface area (Å²) in [6.07, 6.45) is 3.09. The molecule has 0 amide bonds. The van der Waals surface area contributed by atoms with Gasteiger partial charge in [-0.1, -0.05) is 22.0 Å². The molecule has 1 atom stereocenters. The molecular weight excluding hydrogens is 259 g/mol. The van der Waals surface area contributed by atoms with Crippen LogP contribution >= 0.6 is 15.9 Å². The Morgan fingerprint density at radius 3 is 2.87 bits per heavy atom. The van der Waals surface area contributed by atoms with Crippen LogP contribution in [0.1, 0.15) is 24.8 Å². The summed E-state index contributed by atoms with van der Waals surface area (Å²) < 4.78 is 14.2. The summed E-state index contributed by atoms with van der Waals surface area (Å²) in [7, 11) is 0. The SMILES string of the molecule is O=C1CCCC1Cc1ccc(Br)cc1F. The summed E-state index contributed by atoms with van der Waals surface area (Å²) in [5.74, 6) is 0.113. The maximum atomic E-state index is 13.5. The Bertz CT molecular complexity index is 389. The maximum Gasteiger partial charge on any atom is 0.136 e. The zero-order valence-corrected chi connectivity index (χ0v) is 9.89. The molecule has 0 aromatic heterocycles. The molecule has 0 aliphatic heterocycles. The van der Waals surface area contributed by atoms with Crippen molar-refractivity contribution in [3.63, 3.8) is 0 Å². The topological polar surface area (TPSA) is 17.1 Å². The fraction of sp³-hybridized carbons (Fsp3) is 0.417. The summed E-state index contributed by atoms with van der Waals surface area (Å²) in [5, 5.41) is 0. The van der Waals surface area contributed by atoms with Gasteiger partial charge < -0.3 is 0 Å². The molecule has 2 rings (SSSR count). The molecule has 0 radical (unpaired) electrons. The maximum absolute atomic E-state index is 13.5. The zero-order valence-electron chi connectivity index (χ0n) is 8.30. The van der Waals surface area contributed by atoms with Gasteiger partial charge in [0.2, 0.25) is 0 Å². The number of carbonyl (C=O) groups excluding carboxylic acids is 1. The second-order valence-electron chi connectivity index (χ2n) is 4.00. The summed E-state index contributed by atoms with van der Waals surface area (Å²) in [4.78, 5) is 11.4. The highest BCUT2D eigenvalue weighted by atomic mass is 79.9. The van der Waals surface area contributed by atoms with Crippen LogP contribution in [0.25, 0.3) is 0 Å². The van der Waals surface area contributed by atoms with Gasteiger partial charge in [-0.05, 0) is 37.0 Å². The first-order valence-electron chi connectivity index (χ1n) is 5.13. The van der Waals surface area contributed by atoms with Gasteiger partial charge in [0, 0.05) is 16.8 Å². The third-order valence-electron chi connectivity index (χ3n) is 2.91. The monoisotopic (exact) mass is 270 g/mol. The van der Waals surface area contributed by atoms with Crippen LogP contribution in [0.5, 0.6) is 0 Å². The molecular formula is C12H12BrFO. The van der Waals surface area contributed by atoms with E-state index in [9.17, 15) is 9.18 Å². The van der Waals surface area contributed by atoms with Gasteiger partial charge in [-0.2, -0.15) is 0 Å². The van der Waals surface area contributed by atoms with Crippen molar-refractivity contribution >= 4 is 21.7 Å². The van der Waals surface area contributed by atoms with Crippen molar-refractivity contribution in [2.24, 2.45) is 5.92 Å². The smallest absolute Gasteiger partial charge is 0.136 e. The minimum Gasteiger partial charge on any atom is -0.299 e. The van der Waals surface area contributed by atoms with Gasteiger partial charge in [0.15, 0.2) is 0 Å². The van der Waals surface area contributed by atoms with E-state index in [1.807, 2.05) is 6.07 Å². The first-order valence-corrected chi connectivity index (χ1v) is 5.93. The van der Waals surface area contributed by atoms with Gasteiger partial charge in [0.1, 0.15) is 11.6 Å². The Balaban J connectivity index is 2.13. The quantitative estimate of drug-likeness (QED) is 0.804. The fourth-order valence-corrected chi connectivity index (χ4v) is 2.39. The van der Waals surface area contributed by atoms with Crippen molar-refractivity contribution in [1.29, 1.82) is 0 Å². The molecule has 1 aromatic carbocycles. The molecule has 0 saturated heterocycles. The number of carbonyl (C=O) groups is 1. The largest absolute Gasteiger partial charge is 0.299 e. The van der Waals surface area contributed by atoms with Gasteiger partial charge in [0.25, 0.3) is 0 Å². The van der Waals surface area contributed by atoms with Crippen LogP contribution in [-0.2, 0) is 11.2 Å². The fourth-order valence-electron chi connectivity index (χ4n) is 2.06. The van der Waals surface area contributed by atoms with Crippen molar-refractivity contribution in [2.75, 3.05) is 0 Å². The van der Waals surface area contributed by atoms with E-state index in [2.05, 4.69) is 15.9 Å². The number of benzene rings is 1. The number of halogens is 2. The standard InChI is InChI=1S/C12H12BrFO/c13-10-5-4-8(11(14)7-10)6-9-2-1-3-12(9)15/h4-5,7,9H,1-3,6H2. The number of hydrogen-bond donors (Lipinski definition) is 0. The van der Waals surface area contributed by atoms with Crippen molar-refractivity contribution in [3.05, 3.63) is 34.1 Å². The summed E-state index contributed by atoms with van der Waals surface area (Å²) >= 11 is 3.21. The van der Waals surface area contributed by atoms with Crippen LogP contribution in [-0.4, -0.2) is 5.78 Å². The second kappa shape index (κ2) is 4.44. The molecule has 15 heavy (non-hydrogen) atoms. The number of rotatable bonds is 2. The van der Waals surface area contributed by atoms with Gasteiger partial charge in [0.05, 0.1) is 0 Å². The highest BCUT2D eigenvalue weighted by Gasteiger charge is 2.25. The van der Waals surface area contributed by atoms with Gasteiger partial charge in [-0.3, -0.25) is 4.79 Å². The van der Waals surface area contributed by atoms with Crippen LogP contribution in [0.3, 0.4) is 0 Å². The number of hydrogen-bond acceptors (Lipinski definition) is 1. The lowest BCUT2D eigenvalue weighted by atomic mass is 9.97. The summed E-state index contributed by atoms with van der Waals surface area (Å²) in [6.45, 7) is 0. The van der Waals surface area contributed by atoms with Crippen molar-refractivity contribution in [3.8, 4) is 0 Å². The van der Waals surface area contributed by atoms with Crippen molar-refractivity contribution < 1.29 is 9.18 Å². The Morgan fingerprint density at radius 1 is 1.47 bits per heavy atom. The van der Waals surface area contributed by atoms with Gasteiger partial charge >= 0.3 is 0 Å². The highest BCUT2D eigenvalue weighted by molar-refractivity contribution is 9.10. The van der Waals surface area contributed by atoms with Gasteiger partial charge in [-0.15, -0.1) is 0 Å². The molecule has 0 spiro atoms. The van der Waals surface area contributed by atoms with E-state index in [-0.39, 0.29) is 17.5 Å². The second-order valence-corrected chi connectivity index (χ2v) is 4.91. The average molecular weight is 271 g/mol. The van der Waals surface area contributed by atoms with E-state index in [0.29, 0.717) is 18.4 Å². The highest BCUT2D eigenvalue weighted by Crippen LogP contribution is 2.26. The first kappa shape index (κ1) is 10.8. The number of Topliss-reactive ketones (excluding diaryl/α,β-unsaturated/α-hetero) is 1. The molecule has 0 heterocycles. The minimum atomic E-state index is -0.218. The van der Waals surface area contributed by atoms with E-state index >= 15 is 0 Å². The summed E-state index contributed by atoms with van der Waals surface area (Å²) in [6, 6.07) is 5.03. The predicted octanol–water partition coefficient (Wildman–Crippen LogP) is 3.50. The van der Waals surface area contributed by atoms with Crippen LogP contribution in [0.4, 0.5) is 4.39 Å². The van der Waals surface area contributed by atoms with E-state index in [0.717, 1.165) is 17.3 Å². The van der Waals surface area contributed by atoms with E-state index in [1.54, 1.807) is 6.07 Å². The molecule has 1 fully saturated rings. The molecule has 1 unspecified atom stereocenters. The molecule has 1 aromatic rings. The summed E-state index contributed by atoms with van der Waals surface area (Å²) in [5.41, 5.74) is 0.651. The predicted molar refractivity (Wildman–Crippen MR) is 60.2 cm³/mol. The Morgan fingerprint density at radius 2 is 2.27 bits per heavy atom. The lowest BCUT2D eigenvalue weighted by Gasteiger charge is -2.08. The molecule has 1 saturated carbocycles. The Labute approximate surface area is 96.8 Å². The lowest BCUT2D eigenvalue weighted by molar-refractivity contribution is -0.120. The van der Waals surface area contributed by atoms with Gasteiger partial charge in [-0.25, -0.2) is 4.39 Å². The lowest BCUT2D eigenvalue weighted by Crippen LogP contribution is -2.10. The normalized spacial score (nSPS) is 20.9. The Hall–Kier alpha value is -0.700.